The van der Waals surface area contributed by atoms with Crippen molar-refractivity contribution in [2.24, 2.45) is 28.6 Å². The molecule has 4 rings (SSSR count). The van der Waals surface area contributed by atoms with E-state index in [2.05, 4.69) is 48.3 Å². The number of halogens is 1. The molecule has 0 unspecified atom stereocenters. The molecule has 0 heterocycles. The van der Waals surface area contributed by atoms with E-state index in [0.717, 1.165) is 44.9 Å². The predicted molar refractivity (Wildman–Crippen MR) is 141 cm³/mol. The first-order valence-corrected chi connectivity index (χ1v) is 14.9. The molecule has 3 fully saturated rings. The molecular formula is C29H43IO2. The lowest BCUT2D eigenvalue weighted by Crippen LogP contribution is -2.54. The summed E-state index contributed by atoms with van der Waals surface area (Å²) >= 11 is 2.46. The van der Waals surface area contributed by atoms with Crippen LogP contribution in [-0.2, 0) is 4.79 Å². The second-order valence-corrected chi connectivity index (χ2v) is 12.8. The minimum atomic E-state index is -0.803. The van der Waals surface area contributed by atoms with Gasteiger partial charge in [0.25, 0.3) is 0 Å². The van der Waals surface area contributed by atoms with Gasteiger partial charge >= 0.3 is 0 Å². The summed E-state index contributed by atoms with van der Waals surface area (Å²) in [7, 11) is 0. The second kappa shape index (κ2) is 10.1. The molecule has 3 saturated carbocycles. The van der Waals surface area contributed by atoms with Gasteiger partial charge in [-0.25, -0.2) is 0 Å². The Hall–Kier alpha value is -0.340. The number of hydrogen-bond donors (Lipinski definition) is 1. The fourth-order valence-corrected chi connectivity index (χ4v) is 8.54. The Morgan fingerprint density at radius 2 is 1.69 bits per heavy atom. The van der Waals surface area contributed by atoms with Crippen LogP contribution in [0.15, 0.2) is 11.6 Å². The first-order chi connectivity index (χ1) is 15.3. The Kier molecular flexibility index (Phi) is 7.82. The quantitative estimate of drug-likeness (QED) is 0.155. The van der Waals surface area contributed by atoms with Gasteiger partial charge in [-0.1, -0.05) is 73.6 Å². The van der Waals surface area contributed by atoms with Crippen LogP contribution < -0.4 is 0 Å². The Bertz CT molecular complexity index is 791. The SMILES string of the molecule is C[C@]12CCC(=O)C=C1CC[C@@H]1[C@@H]2CC[C@@]2(C)[C@H]1CC[C@@]2(O)C#CCCCCCCCCI. The summed E-state index contributed by atoms with van der Waals surface area (Å²) in [4.78, 5) is 12.0. The van der Waals surface area contributed by atoms with Gasteiger partial charge in [-0.2, -0.15) is 0 Å². The van der Waals surface area contributed by atoms with E-state index in [-0.39, 0.29) is 10.8 Å². The van der Waals surface area contributed by atoms with Crippen LogP contribution in [0.3, 0.4) is 0 Å². The lowest BCUT2D eigenvalue weighted by atomic mass is 9.46. The average molecular weight is 551 g/mol. The molecule has 6 atom stereocenters. The van der Waals surface area contributed by atoms with Crippen molar-refractivity contribution in [3.8, 4) is 11.8 Å². The number of ketones is 1. The maximum atomic E-state index is 12.0. The number of aliphatic hydroxyl groups is 1. The van der Waals surface area contributed by atoms with Gasteiger partial charge in [0.15, 0.2) is 5.78 Å². The van der Waals surface area contributed by atoms with Gasteiger partial charge in [0.05, 0.1) is 0 Å². The van der Waals surface area contributed by atoms with Crippen molar-refractivity contribution in [1.82, 2.24) is 0 Å². The fourth-order valence-electron chi connectivity index (χ4n) is 8.00. The summed E-state index contributed by atoms with van der Waals surface area (Å²) in [5, 5.41) is 11.7. The van der Waals surface area contributed by atoms with E-state index < -0.39 is 5.60 Å². The van der Waals surface area contributed by atoms with E-state index >= 15 is 0 Å². The zero-order valence-electron chi connectivity index (χ0n) is 20.4. The molecule has 0 spiro atoms. The number of rotatable bonds is 7. The number of carbonyl (C=O) groups excluding carboxylic acids is 1. The normalized spacial score (nSPS) is 40.6. The van der Waals surface area contributed by atoms with Gasteiger partial charge in [-0.3, -0.25) is 4.79 Å². The number of hydrogen-bond acceptors (Lipinski definition) is 2. The summed E-state index contributed by atoms with van der Waals surface area (Å²) in [6.45, 7) is 4.79. The largest absolute Gasteiger partial charge is 0.377 e. The molecular weight excluding hydrogens is 507 g/mol. The third-order valence-corrected chi connectivity index (χ3v) is 10.9. The van der Waals surface area contributed by atoms with E-state index in [1.165, 1.54) is 61.4 Å². The molecule has 1 N–H and O–H groups in total. The van der Waals surface area contributed by atoms with Crippen LogP contribution in [0.2, 0.25) is 0 Å². The summed E-state index contributed by atoms with van der Waals surface area (Å²) in [6, 6.07) is 0. The molecule has 0 amide bonds. The van der Waals surface area contributed by atoms with Gasteiger partial charge in [0.1, 0.15) is 5.60 Å². The van der Waals surface area contributed by atoms with Crippen LogP contribution in [0.1, 0.15) is 110 Å². The molecule has 4 aliphatic rings. The third kappa shape index (κ3) is 4.49. The first-order valence-electron chi connectivity index (χ1n) is 13.4. The van der Waals surface area contributed by atoms with Gasteiger partial charge in [0, 0.05) is 18.3 Å². The fraction of sp³-hybridized carbons (Fsp3) is 0.828. The van der Waals surface area contributed by atoms with Crippen LogP contribution in [0.5, 0.6) is 0 Å². The summed E-state index contributed by atoms with van der Waals surface area (Å²) < 4.78 is 1.28. The molecule has 4 aliphatic carbocycles. The highest BCUT2D eigenvalue weighted by molar-refractivity contribution is 14.1. The molecule has 32 heavy (non-hydrogen) atoms. The van der Waals surface area contributed by atoms with Crippen molar-refractivity contribution < 1.29 is 9.90 Å². The van der Waals surface area contributed by atoms with Crippen molar-refractivity contribution in [1.29, 1.82) is 0 Å². The van der Waals surface area contributed by atoms with E-state index in [1.807, 2.05) is 6.08 Å². The Morgan fingerprint density at radius 1 is 0.969 bits per heavy atom. The summed E-state index contributed by atoms with van der Waals surface area (Å²) in [6.07, 6.45) is 19.0. The molecule has 0 aliphatic heterocycles. The lowest BCUT2D eigenvalue weighted by molar-refractivity contribution is -0.119. The van der Waals surface area contributed by atoms with E-state index in [1.54, 1.807) is 0 Å². The van der Waals surface area contributed by atoms with Crippen molar-refractivity contribution in [3.63, 3.8) is 0 Å². The highest BCUT2D eigenvalue weighted by Gasteiger charge is 2.63. The minimum absolute atomic E-state index is 0.0668. The Morgan fingerprint density at radius 3 is 2.47 bits per heavy atom. The van der Waals surface area contributed by atoms with Crippen LogP contribution >= 0.6 is 22.6 Å². The van der Waals surface area contributed by atoms with Crippen LogP contribution in [-0.4, -0.2) is 20.9 Å². The van der Waals surface area contributed by atoms with Crippen LogP contribution in [0, 0.1) is 40.4 Å². The maximum Gasteiger partial charge on any atom is 0.155 e. The molecule has 0 aromatic rings. The van der Waals surface area contributed by atoms with Crippen LogP contribution in [0.4, 0.5) is 0 Å². The Balaban J connectivity index is 1.38. The molecule has 0 aromatic carbocycles. The number of carbonyl (C=O) groups is 1. The number of fused-ring (bicyclic) bond motifs is 5. The van der Waals surface area contributed by atoms with Crippen molar-refractivity contribution in [2.45, 2.75) is 116 Å². The van der Waals surface area contributed by atoms with Crippen molar-refractivity contribution >= 4 is 28.4 Å². The molecule has 0 saturated heterocycles. The summed E-state index contributed by atoms with van der Waals surface area (Å²) in [5.74, 6) is 9.11. The van der Waals surface area contributed by atoms with Gasteiger partial charge in [-0.05, 0) is 91.5 Å². The maximum absolute atomic E-state index is 12.0. The Labute approximate surface area is 209 Å². The highest BCUT2D eigenvalue weighted by atomic mass is 127. The minimum Gasteiger partial charge on any atom is -0.377 e. The standard InChI is InChI=1S/C29H43IO2/c1-27-17-13-23(31)21-22(27)11-12-24-25(27)14-18-28(2)26(24)15-19-29(28,32)16-9-7-5-3-4-6-8-10-20-30/h21,24-26,32H,3-8,10-15,17-20H2,1-2H3/t24-,25+,26+,27+,28+,29+/m1/s1. The number of alkyl halides is 1. The molecule has 178 valence electrons. The van der Waals surface area contributed by atoms with Crippen molar-refractivity contribution in [2.75, 3.05) is 4.43 Å². The topological polar surface area (TPSA) is 37.3 Å². The molecule has 0 radical (unpaired) electrons. The zero-order valence-corrected chi connectivity index (χ0v) is 22.5. The third-order valence-electron chi connectivity index (χ3n) is 10.1. The molecule has 3 heteroatoms. The second-order valence-electron chi connectivity index (χ2n) is 11.7. The van der Waals surface area contributed by atoms with Crippen LogP contribution in [0.25, 0.3) is 0 Å². The van der Waals surface area contributed by atoms with Gasteiger partial charge in [-0.15, -0.1) is 5.92 Å². The van der Waals surface area contributed by atoms with Crippen molar-refractivity contribution in [3.05, 3.63) is 11.6 Å². The number of unbranched alkanes of at least 4 members (excludes halogenated alkanes) is 6. The van der Waals surface area contributed by atoms with Gasteiger partial charge < -0.3 is 5.11 Å². The monoisotopic (exact) mass is 550 g/mol. The van der Waals surface area contributed by atoms with E-state index in [4.69, 9.17) is 0 Å². The predicted octanol–water partition coefficient (Wildman–Crippen LogP) is 7.42. The molecule has 0 bridgehead atoms. The number of allylic oxidation sites excluding steroid dienone is 1. The van der Waals surface area contributed by atoms with E-state index in [9.17, 15) is 9.90 Å². The molecule has 2 nitrogen and oxygen atoms in total. The average Bonchev–Trinajstić information content (AvgIpc) is 3.04. The molecule has 0 aromatic heterocycles. The van der Waals surface area contributed by atoms with E-state index in [0.29, 0.717) is 23.5 Å². The lowest BCUT2D eigenvalue weighted by Gasteiger charge is -2.58. The summed E-state index contributed by atoms with van der Waals surface area (Å²) in [5.41, 5.74) is 0.771. The van der Waals surface area contributed by atoms with Gasteiger partial charge in [0.2, 0.25) is 0 Å². The smallest absolute Gasteiger partial charge is 0.155 e. The highest BCUT2D eigenvalue weighted by Crippen LogP contribution is 2.67. The zero-order chi connectivity index (χ0) is 22.8. The first kappa shape index (κ1) is 24.8.